The number of primary amides is 1. The topological polar surface area (TPSA) is 66.6 Å². The molecule has 1 fully saturated rings. The molecule has 0 aliphatic heterocycles. The first-order valence-electron chi connectivity index (χ1n) is 6.02. The molecule has 3 N–H and O–H groups in total. The molecule has 2 unspecified atom stereocenters. The van der Waals surface area contributed by atoms with E-state index in [-0.39, 0.29) is 0 Å². The summed E-state index contributed by atoms with van der Waals surface area (Å²) in [5.74, 6) is -0.660. The molecule has 1 saturated carbocycles. The van der Waals surface area contributed by atoms with Gasteiger partial charge >= 0.3 is 0 Å². The molecule has 0 spiro atoms. The van der Waals surface area contributed by atoms with Crippen molar-refractivity contribution in [1.29, 1.82) is 0 Å². The summed E-state index contributed by atoms with van der Waals surface area (Å²) in [7, 11) is 4.12. The highest BCUT2D eigenvalue weighted by Gasteiger charge is 2.36. The number of carbonyl (C=O) groups excluding carboxylic acids is 1. The number of amides is 1. The first-order valence-corrected chi connectivity index (χ1v) is 6.02. The summed E-state index contributed by atoms with van der Waals surface area (Å²) in [5.41, 5.74) is 6.12. The normalized spacial score (nSPS) is 32.8. The Hall–Kier alpha value is -1.13. The van der Waals surface area contributed by atoms with E-state index in [2.05, 4.69) is 19.0 Å². The summed E-state index contributed by atoms with van der Waals surface area (Å²) in [6, 6.07) is 0.480. The fraction of sp³-hybridized carbons (Fsp3) is 0.615. The van der Waals surface area contributed by atoms with Gasteiger partial charge in [0.25, 0.3) is 5.91 Å². The number of hydrogen-bond donors (Lipinski definition) is 2. The Morgan fingerprint density at radius 2 is 2.24 bits per heavy atom. The fourth-order valence-electron chi connectivity index (χ4n) is 2.59. The van der Waals surface area contributed by atoms with Crippen LogP contribution in [-0.2, 0) is 4.79 Å². The van der Waals surface area contributed by atoms with E-state index in [9.17, 15) is 9.90 Å². The van der Waals surface area contributed by atoms with Crippen molar-refractivity contribution in [2.45, 2.75) is 37.3 Å². The van der Waals surface area contributed by atoms with E-state index >= 15 is 0 Å². The second kappa shape index (κ2) is 4.27. The Balaban J connectivity index is 2.23. The van der Waals surface area contributed by atoms with Crippen LogP contribution in [0.5, 0.6) is 0 Å². The second-order valence-electron chi connectivity index (χ2n) is 5.25. The maximum atomic E-state index is 11.3. The van der Waals surface area contributed by atoms with Crippen LogP contribution in [-0.4, -0.2) is 41.7 Å². The molecule has 0 aromatic rings. The third-order valence-corrected chi connectivity index (χ3v) is 3.84. The summed E-state index contributed by atoms with van der Waals surface area (Å²) >= 11 is 0. The van der Waals surface area contributed by atoms with Crippen molar-refractivity contribution in [1.82, 2.24) is 4.90 Å². The largest absolute Gasteiger partial charge is 0.376 e. The zero-order valence-corrected chi connectivity index (χ0v) is 10.4. The van der Waals surface area contributed by atoms with Gasteiger partial charge in [0.1, 0.15) is 0 Å². The van der Waals surface area contributed by atoms with Crippen molar-refractivity contribution in [3.8, 4) is 0 Å². The molecule has 1 amide bonds. The standard InChI is InChI=1S/C13H20N2O2/c1-15(2)11-4-3-9-5-6-13(17,12(14)16)8-10(9)7-11/h5,8,11,17H,3-4,6-7H2,1-2H3,(H2,14,16). The number of carbonyl (C=O) groups is 1. The van der Waals surface area contributed by atoms with E-state index in [0.717, 1.165) is 24.8 Å². The maximum Gasteiger partial charge on any atom is 0.253 e. The van der Waals surface area contributed by atoms with E-state index in [1.165, 1.54) is 5.57 Å². The number of nitrogens with two attached hydrogens (primary N) is 1. The van der Waals surface area contributed by atoms with Crippen LogP contribution >= 0.6 is 0 Å². The SMILES string of the molecule is CN(C)C1CCC2=CCC(O)(C(N)=O)C=C2C1. The van der Waals surface area contributed by atoms with Crippen LogP contribution in [0.3, 0.4) is 0 Å². The Bertz CT molecular complexity index is 398. The molecule has 0 aromatic carbocycles. The lowest BCUT2D eigenvalue weighted by Gasteiger charge is -2.35. The van der Waals surface area contributed by atoms with Gasteiger partial charge < -0.3 is 15.7 Å². The molecule has 2 atom stereocenters. The third-order valence-electron chi connectivity index (χ3n) is 3.84. The van der Waals surface area contributed by atoms with Crippen LogP contribution in [0.25, 0.3) is 0 Å². The van der Waals surface area contributed by atoms with Gasteiger partial charge in [-0.25, -0.2) is 0 Å². The molecule has 0 saturated heterocycles. The summed E-state index contributed by atoms with van der Waals surface area (Å²) < 4.78 is 0. The predicted octanol–water partition coefficient (Wildman–Crippen LogP) is 0.573. The van der Waals surface area contributed by atoms with Crippen LogP contribution in [0.2, 0.25) is 0 Å². The molecular formula is C13H20N2O2. The maximum absolute atomic E-state index is 11.3. The minimum Gasteiger partial charge on any atom is -0.376 e. The number of allylic oxidation sites excluding steroid dienone is 1. The van der Waals surface area contributed by atoms with Gasteiger partial charge in [-0.2, -0.15) is 0 Å². The van der Waals surface area contributed by atoms with Gasteiger partial charge in [0.2, 0.25) is 0 Å². The highest BCUT2D eigenvalue weighted by molar-refractivity contribution is 5.86. The van der Waals surface area contributed by atoms with Crippen LogP contribution < -0.4 is 5.73 Å². The van der Waals surface area contributed by atoms with E-state index in [0.29, 0.717) is 12.5 Å². The predicted molar refractivity (Wildman–Crippen MR) is 66.3 cm³/mol. The number of fused-ring (bicyclic) bond motifs is 1. The summed E-state index contributed by atoms with van der Waals surface area (Å²) in [6.07, 6.45) is 6.98. The molecule has 2 rings (SSSR count). The molecule has 0 radical (unpaired) electrons. The van der Waals surface area contributed by atoms with E-state index < -0.39 is 11.5 Å². The van der Waals surface area contributed by atoms with E-state index in [4.69, 9.17) is 5.73 Å². The molecule has 17 heavy (non-hydrogen) atoms. The number of hydrogen-bond acceptors (Lipinski definition) is 3. The highest BCUT2D eigenvalue weighted by atomic mass is 16.3. The number of aliphatic hydroxyl groups is 1. The Morgan fingerprint density at radius 3 is 2.82 bits per heavy atom. The molecule has 4 nitrogen and oxygen atoms in total. The molecule has 94 valence electrons. The zero-order chi connectivity index (χ0) is 12.6. The summed E-state index contributed by atoms with van der Waals surface area (Å²) in [6.45, 7) is 0. The average Bonchev–Trinajstić information content (AvgIpc) is 2.27. The van der Waals surface area contributed by atoms with Crippen molar-refractivity contribution >= 4 is 5.91 Å². The summed E-state index contributed by atoms with van der Waals surface area (Å²) in [5, 5.41) is 10.1. The van der Waals surface area contributed by atoms with Crippen LogP contribution in [0.4, 0.5) is 0 Å². The minimum absolute atomic E-state index is 0.313. The molecule has 0 aromatic heterocycles. The molecule has 0 heterocycles. The van der Waals surface area contributed by atoms with Gasteiger partial charge in [0.05, 0.1) is 0 Å². The van der Waals surface area contributed by atoms with Gasteiger partial charge in [0.15, 0.2) is 5.60 Å². The lowest BCUT2D eigenvalue weighted by molar-refractivity contribution is -0.131. The summed E-state index contributed by atoms with van der Waals surface area (Å²) in [4.78, 5) is 13.4. The third kappa shape index (κ3) is 2.28. The first kappa shape index (κ1) is 12.3. The molecular weight excluding hydrogens is 216 g/mol. The van der Waals surface area contributed by atoms with Crippen LogP contribution in [0, 0.1) is 0 Å². The van der Waals surface area contributed by atoms with E-state index in [1.807, 2.05) is 6.08 Å². The van der Waals surface area contributed by atoms with Gasteiger partial charge in [-0.3, -0.25) is 4.79 Å². The quantitative estimate of drug-likeness (QED) is 0.736. The first-order chi connectivity index (χ1) is 7.92. The van der Waals surface area contributed by atoms with Crippen LogP contribution in [0.1, 0.15) is 25.7 Å². The monoisotopic (exact) mass is 236 g/mol. The van der Waals surface area contributed by atoms with Crippen molar-refractivity contribution < 1.29 is 9.90 Å². The lowest BCUT2D eigenvalue weighted by atomic mass is 9.78. The second-order valence-corrected chi connectivity index (χ2v) is 5.25. The molecule has 4 heteroatoms. The molecule has 2 aliphatic rings. The number of nitrogens with zero attached hydrogens (tertiary/aromatic N) is 1. The smallest absolute Gasteiger partial charge is 0.253 e. The van der Waals surface area contributed by atoms with Gasteiger partial charge in [-0.15, -0.1) is 0 Å². The Morgan fingerprint density at radius 1 is 1.53 bits per heavy atom. The highest BCUT2D eigenvalue weighted by Crippen LogP contribution is 2.36. The lowest BCUT2D eigenvalue weighted by Crippen LogP contribution is -2.44. The molecule has 0 bridgehead atoms. The van der Waals surface area contributed by atoms with Crippen molar-refractivity contribution in [3.05, 3.63) is 23.3 Å². The van der Waals surface area contributed by atoms with Crippen molar-refractivity contribution in [3.63, 3.8) is 0 Å². The Labute approximate surface area is 102 Å². The molecule has 2 aliphatic carbocycles. The average molecular weight is 236 g/mol. The van der Waals surface area contributed by atoms with Gasteiger partial charge in [-0.05, 0) is 50.6 Å². The van der Waals surface area contributed by atoms with Crippen LogP contribution in [0.15, 0.2) is 23.3 Å². The van der Waals surface area contributed by atoms with Gasteiger partial charge in [-0.1, -0.05) is 6.08 Å². The minimum atomic E-state index is -1.48. The fourth-order valence-corrected chi connectivity index (χ4v) is 2.59. The zero-order valence-electron chi connectivity index (χ0n) is 10.4. The van der Waals surface area contributed by atoms with E-state index in [1.54, 1.807) is 6.08 Å². The Kier molecular flexibility index (Phi) is 3.10. The number of rotatable bonds is 2. The van der Waals surface area contributed by atoms with Gasteiger partial charge in [0, 0.05) is 12.5 Å². The van der Waals surface area contributed by atoms with Crippen molar-refractivity contribution in [2.75, 3.05) is 14.1 Å². The van der Waals surface area contributed by atoms with Crippen molar-refractivity contribution in [2.24, 2.45) is 5.73 Å².